The highest BCUT2D eigenvalue weighted by molar-refractivity contribution is 5.68. The Morgan fingerprint density at radius 3 is 2.78 bits per heavy atom. The molecule has 27 heavy (non-hydrogen) atoms. The van der Waals surface area contributed by atoms with Crippen LogP contribution in [0, 0.1) is 17.2 Å². The summed E-state index contributed by atoms with van der Waals surface area (Å²) in [6.07, 6.45) is 11.5. The van der Waals surface area contributed by atoms with Crippen LogP contribution in [-0.2, 0) is 15.9 Å². The van der Waals surface area contributed by atoms with Crippen LogP contribution < -0.4 is 5.73 Å². The van der Waals surface area contributed by atoms with Gasteiger partial charge in [0.2, 0.25) is 0 Å². The third kappa shape index (κ3) is 4.32. The number of methoxy groups -OCH3 is 2. The van der Waals surface area contributed by atoms with E-state index in [1.165, 1.54) is 19.2 Å². The molecule has 2 aromatic heterocycles. The number of rotatable bonds is 7. The van der Waals surface area contributed by atoms with E-state index < -0.39 is 6.29 Å². The highest BCUT2D eigenvalue weighted by Crippen LogP contribution is 2.29. The molecule has 0 saturated heterocycles. The molecule has 0 aromatic carbocycles. The van der Waals surface area contributed by atoms with Crippen molar-refractivity contribution in [3.8, 4) is 17.3 Å². The molecule has 1 fully saturated rings. The zero-order chi connectivity index (χ0) is 19.2. The summed E-state index contributed by atoms with van der Waals surface area (Å²) in [5, 5.41) is 13.9. The summed E-state index contributed by atoms with van der Waals surface area (Å²) >= 11 is 0. The SMILES string of the molecule is COC(Cc1c(N)ncnc1-c1cnn(C(C#N)=CC2CCCC2)c1)OC. The summed E-state index contributed by atoms with van der Waals surface area (Å²) in [5.74, 6) is 0.815. The Hall–Kier alpha value is -2.76. The van der Waals surface area contributed by atoms with Gasteiger partial charge in [-0.25, -0.2) is 14.6 Å². The number of allylic oxidation sites excluding steroid dienone is 2. The fourth-order valence-electron chi connectivity index (χ4n) is 3.39. The van der Waals surface area contributed by atoms with E-state index in [9.17, 15) is 5.26 Å². The Labute approximate surface area is 158 Å². The zero-order valence-corrected chi connectivity index (χ0v) is 15.6. The second kappa shape index (κ2) is 8.75. The molecule has 8 heteroatoms. The standard InChI is InChI=1S/C19H24N6O2/c1-26-17(27-2)8-16-18(22-12-23-19(16)21)14-10-24-25(11-14)15(9-20)7-13-5-3-4-6-13/h7,10-13,17H,3-6,8H2,1-2H3,(H2,21,22,23). The van der Waals surface area contributed by atoms with E-state index in [1.54, 1.807) is 31.3 Å². The fourth-order valence-corrected chi connectivity index (χ4v) is 3.39. The summed E-state index contributed by atoms with van der Waals surface area (Å²) in [6, 6.07) is 2.25. The number of aromatic nitrogens is 4. The Balaban J connectivity index is 1.92. The molecule has 0 aliphatic heterocycles. The predicted molar refractivity (Wildman–Crippen MR) is 101 cm³/mol. The lowest BCUT2D eigenvalue weighted by molar-refractivity contribution is -0.100. The van der Waals surface area contributed by atoms with E-state index in [4.69, 9.17) is 15.2 Å². The van der Waals surface area contributed by atoms with Crippen LogP contribution >= 0.6 is 0 Å². The van der Waals surface area contributed by atoms with Crippen LogP contribution in [0.1, 0.15) is 31.2 Å². The first-order valence-corrected chi connectivity index (χ1v) is 8.98. The number of ether oxygens (including phenoxy) is 2. The van der Waals surface area contributed by atoms with Crippen LogP contribution in [0.2, 0.25) is 0 Å². The van der Waals surface area contributed by atoms with E-state index in [1.807, 2.05) is 6.08 Å². The first kappa shape index (κ1) is 19.0. The molecule has 1 aliphatic carbocycles. The summed E-state index contributed by atoms with van der Waals surface area (Å²) in [7, 11) is 3.14. The van der Waals surface area contributed by atoms with E-state index in [2.05, 4.69) is 21.1 Å². The Kier molecular flexibility index (Phi) is 6.16. The number of nitriles is 1. The average molecular weight is 368 g/mol. The molecule has 0 amide bonds. The van der Waals surface area contributed by atoms with E-state index >= 15 is 0 Å². The number of anilines is 1. The van der Waals surface area contributed by atoms with Gasteiger partial charge in [0.25, 0.3) is 0 Å². The van der Waals surface area contributed by atoms with Gasteiger partial charge < -0.3 is 15.2 Å². The third-order valence-electron chi connectivity index (χ3n) is 4.89. The maximum atomic E-state index is 9.54. The van der Waals surface area contributed by atoms with Crippen LogP contribution in [-0.4, -0.2) is 40.3 Å². The van der Waals surface area contributed by atoms with E-state index in [0.29, 0.717) is 29.5 Å². The number of nitrogens with two attached hydrogens (primary N) is 1. The van der Waals surface area contributed by atoms with Gasteiger partial charge in [-0.1, -0.05) is 12.8 Å². The van der Waals surface area contributed by atoms with Crippen molar-refractivity contribution >= 4 is 11.5 Å². The molecule has 1 aliphatic rings. The minimum atomic E-state index is -0.455. The molecular weight excluding hydrogens is 344 g/mol. The molecule has 1 saturated carbocycles. The van der Waals surface area contributed by atoms with E-state index in [-0.39, 0.29) is 0 Å². The first-order chi connectivity index (χ1) is 13.2. The van der Waals surface area contributed by atoms with Gasteiger partial charge in [-0.05, 0) is 24.8 Å². The largest absolute Gasteiger partial charge is 0.383 e. The van der Waals surface area contributed by atoms with Gasteiger partial charge in [-0.2, -0.15) is 10.4 Å². The fraction of sp³-hybridized carbons (Fsp3) is 0.474. The minimum absolute atomic E-state index is 0.369. The number of nitrogen functional groups attached to an aromatic ring is 1. The van der Waals surface area contributed by atoms with Gasteiger partial charge in [0.15, 0.2) is 6.29 Å². The Morgan fingerprint density at radius 2 is 2.11 bits per heavy atom. The molecule has 2 aromatic rings. The molecular formula is C19H24N6O2. The molecule has 0 bridgehead atoms. The van der Waals surface area contributed by atoms with Crippen molar-refractivity contribution in [3.05, 3.63) is 30.4 Å². The third-order valence-corrected chi connectivity index (χ3v) is 4.89. The summed E-state index contributed by atoms with van der Waals surface area (Å²) in [5.41, 5.74) is 8.74. The van der Waals surface area contributed by atoms with Crippen molar-refractivity contribution < 1.29 is 9.47 Å². The van der Waals surface area contributed by atoms with Crippen molar-refractivity contribution in [2.75, 3.05) is 20.0 Å². The maximum Gasteiger partial charge on any atom is 0.161 e. The van der Waals surface area contributed by atoms with Crippen molar-refractivity contribution in [2.45, 2.75) is 38.4 Å². The predicted octanol–water partition coefficient (Wildman–Crippen LogP) is 2.64. The second-order valence-electron chi connectivity index (χ2n) is 6.57. The molecule has 0 unspecified atom stereocenters. The molecule has 2 N–H and O–H groups in total. The molecule has 0 spiro atoms. The topological polar surface area (TPSA) is 112 Å². The Morgan fingerprint density at radius 1 is 1.37 bits per heavy atom. The van der Waals surface area contributed by atoms with E-state index in [0.717, 1.165) is 24.0 Å². The lowest BCUT2D eigenvalue weighted by Crippen LogP contribution is -2.18. The molecule has 0 radical (unpaired) electrons. The van der Waals surface area contributed by atoms with Gasteiger partial charge >= 0.3 is 0 Å². The lowest BCUT2D eigenvalue weighted by atomic mass is 10.1. The minimum Gasteiger partial charge on any atom is -0.383 e. The Bertz CT molecular complexity index is 844. The van der Waals surface area contributed by atoms with Gasteiger partial charge in [0, 0.05) is 38.0 Å². The maximum absolute atomic E-state index is 9.54. The number of hydrogen-bond donors (Lipinski definition) is 1. The monoisotopic (exact) mass is 368 g/mol. The summed E-state index contributed by atoms with van der Waals surface area (Å²) in [6.45, 7) is 0. The highest BCUT2D eigenvalue weighted by Gasteiger charge is 2.19. The molecule has 2 heterocycles. The lowest BCUT2D eigenvalue weighted by Gasteiger charge is -2.16. The van der Waals surface area contributed by atoms with Gasteiger partial charge in [0.1, 0.15) is 23.9 Å². The number of nitrogens with zero attached hydrogens (tertiary/aromatic N) is 5. The van der Waals surface area contributed by atoms with Crippen LogP contribution in [0.25, 0.3) is 17.0 Å². The van der Waals surface area contributed by atoms with Crippen LogP contribution in [0.4, 0.5) is 5.82 Å². The number of hydrogen-bond acceptors (Lipinski definition) is 7. The van der Waals surface area contributed by atoms with Gasteiger partial charge in [-0.15, -0.1) is 0 Å². The molecule has 8 nitrogen and oxygen atoms in total. The van der Waals surface area contributed by atoms with Crippen LogP contribution in [0.5, 0.6) is 0 Å². The van der Waals surface area contributed by atoms with Crippen molar-refractivity contribution in [1.82, 2.24) is 19.7 Å². The second-order valence-corrected chi connectivity index (χ2v) is 6.57. The zero-order valence-electron chi connectivity index (χ0n) is 15.6. The quantitative estimate of drug-likeness (QED) is 0.590. The summed E-state index contributed by atoms with van der Waals surface area (Å²) < 4.78 is 12.2. The first-order valence-electron chi connectivity index (χ1n) is 8.98. The smallest absolute Gasteiger partial charge is 0.161 e. The average Bonchev–Trinajstić information content (AvgIpc) is 3.37. The normalized spacial score (nSPS) is 15.4. The highest BCUT2D eigenvalue weighted by atomic mass is 16.7. The van der Waals surface area contributed by atoms with Crippen molar-refractivity contribution in [3.63, 3.8) is 0 Å². The van der Waals surface area contributed by atoms with Crippen LogP contribution in [0.15, 0.2) is 24.8 Å². The van der Waals surface area contributed by atoms with Crippen molar-refractivity contribution in [1.29, 1.82) is 5.26 Å². The van der Waals surface area contributed by atoms with Crippen molar-refractivity contribution in [2.24, 2.45) is 5.92 Å². The van der Waals surface area contributed by atoms with Crippen LogP contribution in [0.3, 0.4) is 0 Å². The summed E-state index contributed by atoms with van der Waals surface area (Å²) in [4.78, 5) is 8.45. The molecule has 142 valence electrons. The van der Waals surface area contributed by atoms with Gasteiger partial charge in [0.05, 0.1) is 11.9 Å². The molecule has 0 atom stereocenters. The van der Waals surface area contributed by atoms with Gasteiger partial charge in [-0.3, -0.25) is 0 Å². The molecule has 3 rings (SSSR count).